The molecular weight excluding hydrogens is 240 g/mol. The second-order valence-electron chi connectivity index (χ2n) is 4.78. The molecule has 2 rings (SSSR count). The first-order valence-electron chi connectivity index (χ1n) is 5.81. The number of halogens is 1. The minimum atomic E-state index is 0.310. The molecule has 4 heteroatoms. The molecule has 2 N–H and O–H groups in total. The zero-order valence-electron chi connectivity index (χ0n) is 9.82. The van der Waals surface area contributed by atoms with Gasteiger partial charge in [0.05, 0.1) is 4.34 Å². The van der Waals surface area contributed by atoms with Gasteiger partial charge in [-0.05, 0) is 42.8 Å². The van der Waals surface area contributed by atoms with Gasteiger partial charge in [0.1, 0.15) is 0 Å². The summed E-state index contributed by atoms with van der Waals surface area (Å²) in [6.45, 7) is 6.62. The van der Waals surface area contributed by atoms with Crippen LogP contribution in [0.1, 0.15) is 31.9 Å². The molecule has 2 heterocycles. The molecule has 1 aromatic heterocycles. The van der Waals surface area contributed by atoms with E-state index < -0.39 is 0 Å². The van der Waals surface area contributed by atoms with Gasteiger partial charge in [-0.25, -0.2) is 0 Å². The zero-order valence-corrected chi connectivity index (χ0v) is 11.4. The minimum absolute atomic E-state index is 0.310. The Balaban J connectivity index is 2.02. The molecule has 3 atom stereocenters. The van der Waals surface area contributed by atoms with Crippen molar-refractivity contribution in [2.24, 2.45) is 11.7 Å². The van der Waals surface area contributed by atoms with Gasteiger partial charge in [-0.15, -0.1) is 11.3 Å². The first kappa shape index (κ1) is 12.4. The first-order chi connectivity index (χ1) is 7.58. The summed E-state index contributed by atoms with van der Waals surface area (Å²) in [4.78, 5) is 2.46. The molecular formula is C12H19ClN2S. The summed E-state index contributed by atoms with van der Waals surface area (Å²) < 4.78 is 0.872. The number of piperidine rings is 1. The number of rotatable bonds is 2. The molecule has 1 aromatic rings. The Morgan fingerprint density at radius 1 is 1.62 bits per heavy atom. The van der Waals surface area contributed by atoms with Crippen molar-refractivity contribution in [3.8, 4) is 0 Å². The van der Waals surface area contributed by atoms with Crippen LogP contribution in [-0.2, 0) is 0 Å². The van der Waals surface area contributed by atoms with E-state index in [1.807, 2.05) is 0 Å². The fourth-order valence-corrected chi connectivity index (χ4v) is 3.21. The highest BCUT2D eigenvalue weighted by atomic mass is 35.5. The van der Waals surface area contributed by atoms with Crippen LogP contribution < -0.4 is 5.73 Å². The molecule has 0 aromatic carbocycles. The molecule has 0 amide bonds. The highest BCUT2D eigenvalue weighted by Crippen LogP contribution is 2.30. The van der Waals surface area contributed by atoms with Crippen LogP contribution in [0.25, 0.3) is 0 Å². The average Bonchev–Trinajstić information content (AvgIpc) is 2.68. The Kier molecular flexibility index (Phi) is 3.90. The number of hydrogen-bond donors (Lipinski definition) is 1. The van der Waals surface area contributed by atoms with E-state index in [0.717, 1.165) is 17.4 Å². The van der Waals surface area contributed by atoms with Crippen LogP contribution in [0, 0.1) is 5.92 Å². The fourth-order valence-electron chi connectivity index (χ4n) is 2.23. The summed E-state index contributed by atoms with van der Waals surface area (Å²) in [5.41, 5.74) is 7.44. The van der Waals surface area contributed by atoms with Crippen molar-refractivity contribution in [3.63, 3.8) is 0 Å². The maximum absolute atomic E-state index is 6.12. The van der Waals surface area contributed by atoms with E-state index in [-0.39, 0.29) is 0 Å². The van der Waals surface area contributed by atoms with Crippen LogP contribution in [0.5, 0.6) is 0 Å². The normalized spacial score (nSPS) is 29.2. The lowest BCUT2D eigenvalue weighted by Gasteiger charge is -2.38. The Morgan fingerprint density at radius 3 is 2.94 bits per heavy atom. The van der Waals surface area contributed by atoms with Crippen molar-refractivity contribution in [1.29, 1.82) is 0 Å². The largest absolute Gasteiger partial charge is 0.326 e. The molecule has 16 heavy (non-hydrogen) atoms. The van der Waals surface area contributed by atoms with Gasteiger partial charge in [-0.1, -0.05) is 18.5 Å². The van der Waals surface area contributed by atoms with E-state index in [1.54, 1.807) is 11.3 Å². The Labute approximate surface area is 106 Å². The van der Waals surface area contributed by atoms with E-state index in [1.165, 1.54) is 12.0 Å². The molecule has 0 radical (unpaired) electrons. The molecule has 0 bridgehead atoms. The van der Waals surface area contributed by atoms with Gasteiger partial charge >= 0.3 is 0 Å². The van der Waals surface area contributed by atoms with Crippen molar-refractivity contribution in [2.45, 2.75) is 32.4 Å². The maximum atomic E-state index is 6.12. The highest BCUT2D eigenvalue weighted by Gasteiger charge is 2.26. The van der Waals surface area contributed by atoms with Crippen molar-refractivity contribution in [2.75, 3.05) is 13.1 Å². The molecule has 90 valence electrons. The Hall–Kier alpha value is -0.0900. The van der Waals surface area contributed by atoms with Crippen LogP contribution in [0.3, 0.4) is 0 Å². The molecule has 2 nitrogen and oxygen atoms in total. The first-order valence-corrected chi connectivity index (χ1v) is 7.07. The number of thiophene rings is 1. The second-order valence-corrected chi connectivity index (χ2v) is 6.33. The zero-order chi connectivity index (χ0) is 11.7. The van der Waals surface area contributed by atoms with Gasteiger partial charge in [0, 0.05) is 18.6 Å². The van der Waals surface area contributed by atoms with Crippen LogP contribution in [0.2, 0.25) is 4.34 Å². The molecule has 1 fully saturated rings. The van der Waals surface area contributed by atoms with Gasteiger partial charge in [0.2, 0.25) is 0 Å². The monoisotopic (exact) mass is 258 g/mol. The fraction of sp³-hybridized carbons (Fsp3) is 0.667. The number of likely N-dealkylation sites (tertiary alicyclic amines) is 1. The number of nitrogens with zero attached hydrogens (tertiary/aromatic N) is 1. The summed E-state index contributed by atoms with van der Waals surface area (Å²) in [7, 11) is 0. The van der Waals surface area contributed by atoms with E-state index in [2.05, 4.69) is 30.2 Å². The van der Waals surface area contributed by atoms with Crippen LogP contribution in [-0.4, -0.2) is 24.0 Å². The quantitative estimate of drug-likeness (QED) is 0.883. The van der Waals surface area contributed by atoms with Crippen molar-refractivity contribution >= 4 is 22.9 Å². The van der Waals surface area contributed by atoms with Gasteiger partial charge < -0.3 is 5.73 Å². The van der Waals surface area contributed by atoms with Crippen molar-refractivity contribution in [3.05, 3.63) is 21.3 Å². The molecule has 1 aliphatic rings. The number of hydrogen-bond acceptors (Lipinski definition) is 3. The Morgan fingerprint density at radius 2 is 2.38 bits per heavy atom. The summed E-state index contributed by atoms with van der Waals surface area (Å²) in [5, 5.41) is 2.15. The molecule has 0 aliphatic carbocycles. The molecule has 0 saturated carbocycles. The summed E-state index contributed by atoms with van der Waals surface area (Å²) in [5.74, 6) is 0.648. The topological polar surface area (TPSA) is 29.3 Å². The number of nitrogens with two attached hydrogens (primary N) is 1. The summed E-state index contributed by atoms with van der Waals surface area (Å²) in [6, 6.07) is 2.81. The lowest BCUT2D eigenvalue weighted by atomic mass is 9.93. The predicted octanol–water partition coefficient (Wildman–Crippen LogP) is 3.13. The third kappa shape index (κ3) is 2.59. The minimum Gasteiger partial charge on any atom is -0.326 e. The predicted molar refractivity (Wildman–Crippen MR) is 71.1 cm³/mol. The maximum Gasteiger partial charge on any atom is 0.0931 e. The molecule has 3 unspecified atom stereocenters. The Bertz CT molecular complexity index is 353. The molecule has 0 spiro atoms. The van der Waals surface area contributed by atoms with Crippen LogP contribution in [0.15, 0.2) is 11.4 Å². The van der Waals surface area contributed by atoms with E-state index in [9.17, 15) is 0 Å². The molecule has 1 aliphatic heterocycles. The standard InChI is InChI=1S/C12H19ClN2S/c1-8-3-4-15(6-11(8)14)9(2)10-5-12(13)16-7-10/h5,7-9,11H,3-4,6,14H2,1-2H3. The SMILES string of the molecule is CC1CCN(C(C)c2csc(Cl)c2)CC1N. The highest BCUT2D eigenvalue weighted by molar-refractivity contribution is 7.14. The van der Waals surface area contributed by atoms with Crippen LogP contribution in [0.4, 0.5) is 0 Å². The van der Waals surface area contributed by atoms with Gasteiger partial charge in [-0.3, -0.25) is 4.90 Å². The third-order valence-corrected chi connectivity index (χ3v) is 4.78. The van der Waals surface area contributed by atoms with E-state index >= 15 is 0 Å². The molecule has 1 saturated heterocycles. The van der Waals surface area contributed by atoms with Gasteiger partial charge in [0.25, 0.3) is 0 Å². The second kappa shape index (κ2) is 5.05. The van der Waals surface area contributed by atoms with Crippen molar-refractivity contribution < 1.29 is 0 Å². The van der Waals surface area contributed by atoms with Crippen LogP contribution >= 0.6 is 22.9 Å². The summed E-state index contributed by atoms with van der Waals surface area (Å²) in [6.07, 6.45) is 1.20. The van der Waals surface area contributed by atoms with E-state index in [4.69, 9.17) is 17.3 Å². The van der Waals surface area contributed by atoms with Crippen molar-refractivity contribution in [1.82, 2.24) is 4.90 Å². The lowest BCUT2D eigenvalue weighted by molar-refractivity contribution is 0.129. The lowest BCUT2D eigenvalue weighted by Crippen LogP contribution is -2.48. The third-order valence-electron chi connectivity index (χ3n) is 3.67. The van der Waals surface area contributed by atoms with E-state index in [0.29, 0.717) is 18.0 Å². The average molecular weight is 259 g/mol. The smallest absolute Gasteiger partial charge is 0.0931 e. The van der Waals surface area contributed by atoms with Gasteiger partial charge in [-0.2, -0.15) is 0 Å². The summed E-state index contributed by atoms with van der Waals surface area (Å²) >= 11 is 7.58. The van der Waals surface area contributed by atoms with Gasteiger partial charge in [0.15, 0.2) is 0 Å².